The summed E-state index contributed by atoms with van der Waals surface area (Å²) in [4.78, 5) is 15.1. The number of methoxy groups -OCH3 is 1. The molecule has 2 fully saturated rings. The van der Waals surface area contributed by atoms with E-state index in [-0.39, 0.29) is 11.7 Å². The highest BCUT2D eigenvalue weighted by molar-refractivity contribution is 5.98. The predicted molar refractivity (Wildman–Crippen MR) is 79.2 cm³/mol. The summed E-state index contributed by atoms with van der Waals surface area (Å²) in [7, 11) is 1.64. The molecule has 3 rings (SSSR count). The minimum atomic E-state index is 0.162. The number of nitrogens with zero attached hydrogens (tertiary/aromatic N) is 1. The van der Waals surface area contributed by atoms with Crippen LogP contribution >= 0.6 is 0 Å². The first kappa shape index (κ1) is 13.6. The van der Waals surface area contributed by atoms with Gasteiger partial charge in [-0.25, -0.2) is 0 Å². The molecule has 1 heterocycles. The van der Waals surface area contributed by atoms with Gasteiger partial charge in [0.25, 0.3) is 0 Å². The van der Waals surface area contributed by atoms with Gasteiger partial charge < -0.3 is 9.64 Å². The van der Waals surface area contributed by atoms with Crippen LogP contribution in [0.5, 0.6) is 5.75 Å². The number of carbonyl (C=O) groups excluding carboxylic acids is 1. The Kier molecular flexibility index (Phi) is 4.06. The van der Waals surface area contributed by atoms with Crippen molar-refractivity contribution >= 4 is 5.78 Å². The lowest BCUT2D eigenvalue weighted by Crippen LogP contribution is -2.39. The third-order valence-electron chi connectivity index (χ3n) is 4.44. The Balaban J connectivity index is 1.65. The summed E-state index contributed by atoms with van der Waals surface area (Å²) in [6.07, 6.45) is 4.93. The summed E-state index contributed by atoms with van der Waals surface area (Å²) in [5.74, 6) is 2.11. The third-order valence-corrected chi connectivity index (χ3v) is 4.44. The Bertz CT molecular complexity index is 482. The molecule has 3 nitrogen and oxygen atoms in total. The number of hydrogen-bond acceptors (Lipinski definition) is 3. The molecule has 0 N–H and O–H groups in total. The van der Waals surface area contributed by atoms with Gasteiger partial charge >= 0.3 is 0 Å². The molecule has 0 aromatic heterocycles. The molecule has 1 atom stereocenters. The first-order chi connectivity index (χ1) is 9.76. The van der Waals surface area contributed by atoms with Crippen molar-refractivity contribution in [3.8, 4) is 5.75 Å². The van der Waals surface area contributed by atoms with Crippen LogP contribution < -0.4 is 4.74 Å². The molecule has 108 valence electrons. The van der Waals surface area contributed by atoms with Gasteiger partial charge in [-0.15, -0.1) is 0 Å². The first-order valence-electron chi connectivity index (χ1n) is 7.67. The Morgan fingerprint density at radius 3 is 2.95 bits per heavy atom. The van der Waals surface area contributed by atoms with Gasteiger partial charge in [0.2, 0.25) is 0 Å². The van der Waals surface area contributed by atoms with Gasteiger partial charge in [-0.1, -0.05) is 12.1 Å². The third kappa shape index (κ3) is 3.21. The Labute approximate surface area is 120 Å². The molecule has 2 aliphatic rings. The molecule has 0 amide bonds. The number of carbonyl (C=O) groups is 1. The average molecular weight is 273 g/mol. The summed E-state index contributed by atoms with van der Waals surface area (Å²) in [5, 5.41) is 0. The van der Waals surface area contributed by atoms with Crippen molar-refractivity contribution in [1.29, 1.82) is 0 Å². The number of hydrogen-bond donors (Lipinski definition) is 0. The summed E-state index contributed by atoms with van der Waals surface area (Å²) in [6.45, 7) is 3.30. The van der Waals surface area contributed by atoms with Crippen LogP contribution in [0.15, 0.2) is 24.3 Å². The molecular formula is C17H23NO2. The number of piperidine rings is 1. The SMILES string of the molecule is COc1cccc(C(=O)[C@H]2CCCN(CC3CC3)C2)c1. The standard InChI is InChI=1S/C17H23NO2/c1-20-16-6-2-4-14(10-16)17(19)15-5-3-9-18(12-15)11-13-7-8-13/h2,4,6,10,13,15H,3,5,7-9,11-12H2,1H3/t15-/m0/s1. The van der Waals surface area contributed by atoms with Gasteiger partial charge in [-0.05, 0) is 50.3 Å². The van der Waals surface area contributed by atoms with E-state index in [4.69, 9.17) is 4.74 Å². The van der Waals surface area contributed by atoms with E-state index < -0.39 is 0 Å². The fraction of sp³-hybridized carbons (Fsp3) is 0.588. The smallest absolute Gasteiger partial charge is 0.167 e. The van der Waals surface area contributed by atoms with Crippen molar-refractivity contribution in [2.75, 3.05) is 26.7 Å². The maximum absolute atomic E-state index is 12.6. The Morgan fingerprint density at radius 1 is 1.35 bits per heavy atom. The second-order valence-electron chi connectivity index (χ2n) is 6.14. The normalized spacial score (nSPS) is 23.6. The van der Waals surface area contributed by atoms with Crippen LogP contribution in [0.25, 0.3) is 0 Å². The topological polar surface area (TPSA) is 29.5 Å². The minimum absolute atomic E-state index is 0.162. The largest absolute Gasteiger partial charge is 0.497 e. The molecule has 1 aromatic carbocycles. The van der Waals surface area contributed by atoms with Crippen molar-refractivity contribution in [2.45, 2.75) is 25.7 Å². The van der Waals surface area contributed by atoms with Crippen LogP contribution in [0.4, 0.5) is 0 Å². The fourth-order valence-electron chi connectivity index (χ4n) is 3.11. The number of ether oxygens (including phenoxy) is 1. The maximum atomic E-state index is 12.6. The molecule has 20 heavy (non-hydrogen) atoms. The molecule has 1 aromatic rings. The second-order valence-corrected chi connectivity index (χ2v) is 6.14. The molecule has 1 saturated carbocycles. The lowest BCUT2D eigenvalue weighted by molar-refractivity contribution is 0.0814. The highest BCUT2D eigenvalue weighted by atomic mass is 16.5. The van der Waals surface area contributed by atoms with Crippen LogP contribution in [-0.4, -0.2) is 37.4 Å². The van der Waals surface area contributed by atoms with Crippen molar-refractivity contribution in [3.63, 3.8) is 0 Å². The molecule has 1 aliphatic heterocycles. The van der Waals surface area contributed by atoms with E-state index in [9.17, 15) is 4.79 Å². The highest BCUT2D eigenvalue weighted by Crippen LogP contribution is 2.31. The van der Waals surface area contributed by atoms with Gasteiger partial charge in [0.15, 0.2) is 5.78 Å². The highest BCUT2D eigenvalue weighted by Gasteiger charge is 2.30. The second kappa shape index (κ2) is 5.96. The lowest BCUT2D eigenvalue weighted by atomic mass is 9.90. The van der Waals surface area contributed by atoms with E-state index in [1.165, 1.54) is 25.9 Å². The quantitative estimate of drug-likeness (QED) is 0.772. The number of benzene rings is 1. The van der Waals surface area contributed by atoms with Crippen LogP contribution in [0.3, 0.4) is 0 Å². The zero-order valence-corrected chi connectivity index (χ0v) is 12.2. The number of likely N-dealkylation sites (tertiary alicyclic amines) is 1. The van der Waals surface area contributed by atoms with E-state index in [1.54, 1.807) is 7.11 Å². The van der Waals surface area contributed by atoms with E-state index in [2.05, 4.69) is 4.90 Å². The molecule has 0 spiro atoms. The maximum Gasteiger partial charge on any atom is 0.167 e. The molecular weight excluding hydrogens is 250 g/mol. The fourth-order valence-corrected chi connectivity index (χ4v) is 3.11. The van der Waals surface area contributed by atoms with E-state index >= 15 is 0 Å². The van der Waals surface area contributed by atoms with Crippen LogP contribution in [-0.2, 0) is 0 Å². The van der Waals surface area contributed by atoms with Crippen LogP contribution in [0, 0.1) is 11.8 Å². The van der Waals surface area contributed by atoms with Gasteiger partial charge in [0, 0.05) is 24.6 Å². The number of rotatable bonds is 5. The van der Waals surface area contributed by atoms with E-state index in [1.807, 2.05) is 24.3 Å². The van der Waals surface area contributed by atoms with Crippen molar-refractivity contribution < 1.29 is 9.53 Å². The van der Waals surface area contributed by atoms with E-state index in [0.717, 1.165) is 36.6 Å². The van der Waals surface area contributed by atoms with Crippen molar-refractivity contribution in [2.24, 2.45) is 11.8 Å². The monoisotopic (exact) mass is 273 g/mol. The summed E-state index contributed by atoms with van der Waals surface area (Å²) in [6, 6.07) is 7.56. The number of ketones is 1. The minimum Gasteiger partial charge on any atom is -0.497 e. The van der Waals surface area contributed by atoms with Gasteiger partial charge in [-0.2, -0.15) is 0 Å². The van der Waals surface area contributed by atoms with Gasteiger partial charge in [0.1, 0.15) is 5.75 Å². The number of Topliss-reactive ketones (excluding diaryl/α,β-unsaturated/α-hetero) is 1. The first-order valence-corrected chi connectivity index (χ1v) is 7.67. The van der Waals surface area contributed by atoms with Gasteiger partial charge in [-0.3, -0.25) is 4.79 Å². The molecule has 0 radical (unpaired) electrons. The zero-order valence-electron chi connectivity index (χ0n) is 12.2. The summed E-state index contributed by atoms with van der Waals surface area (Å²) < 4.78 is 5.21. The molecule has 1 aliphatic carbocycles. The molecule has 0 bridgehead atoms. The van der Waals surface area contributed by atoms with E-state index in [0.29, 0.717) is 0 Å². The average Bonchev–Trinajstić information content (AvgIpc) is 3.31. The Morgan fingerprint density at radius 2 is 2.20 bits per heavy atom. The summed E-state index contributed by atoms with van der Waals surface area (Å²) >= 11 is 0. The van der Waals surface area contributed by atoms with Crippen LogP contribution in [0.1, 0.15) is 36.0 Å². The summed E-state index contributed by atoms with van der Waals surface area (Å²) in [5.41, 5.74) is 0.794. The lowest BCUT2D eigenvalue weighted by Gasteiger charge is -2.32. The van der Waals surface area contributed by atoms with Gasteiger partial charge in [0.05, 0.1) is 7.11 Å². The predicted octanol–water partition coefficient (Wildman–Crippen LogP) is 3.00. The van der Waals surface area contributed by atoms with Crippen LogP contribution in [0.2, 0.25) is 0 Å². The molecule has 3 heteroatoms. The zero-order chi connectivity index (χ0) is 13.9. The van der Waals surface area contributed by atoms with Crippen molar-refractivity contribution in [1.82, 2.24) is 4.90 Å². The molecule has 1 saturated heterocycles. The molecule has 0 unspecified atom stereocenters. The van der Waals surface area contributed by atoms with Crippen molar-refractivity contribution in [3.05, 3.63) is 29.8 Å². The Hall–Kier alpha value is -1.35.